The van der Waals surface area contributed by atoms with Gasteiger partial charge in [0.2, 0.25) is 0 Å². The minimum Gasteiger partial charge on any atom is -0.392 e. The second-order valence-electron chi connectivity index (χ2n) is 4.86. The molecule has 1 aliphatic rings. The molecule has 0 amide bonds. The molecule has 94 valence electrons. The van der Waals surface area contributed by atoms with Crippen LogP contribution in [0.3, 0.4) is 0 Å². The van der Waals surface area contributed by atoms with Gasteiger partial charge in [-0.05, 0) is 58.1 Å². The summed E-state index contributed by atoms with van der Waals surface area (Å²) in [7, 11) is 0. The van der Waals surface area contributed by atoms with Crippen LogP contribution in [0.15, 0.2) is 34.4 Å². The molecule has 0 radical (unpaired) electrons. The van der Waals surface area contributed by atoms with Crippen molar-refractivity contribution in [2.24, 2.45) is 0 Å². The Morgan fingerprint density at radius 2 is 1.94 bits per heavy atom. The fourth-order valence-electron chi connectivity index (χ4n) is 2.00. The van der Waals surface area contributed by atoms with Crippen molar-refractivity contribution < 1.29 is 9.90 Å². The van der Waals surface area contributed by atoms with Crippen molar-refractivity contribution in [3.05, 3.63) is 34.4 Å². The Labute approximate surface area is 104 Å². The lowest BCUT2D eigenvalue weighted by Crippen LogP contribution is -2.06. The fraction of sp³-hybridized carbons (Fsp3) is 0.533. The van der Waals surface area contributed by atoms with Gasteiger partial charge in [0.25, 0.3) is 0 Å². The number of aliphatic hydroxyl groups is 1. The lowest BCUT2D eigenvalue weighted by molar-refractivity contribution is -0.111. The second-order valence-corrected chi connectivity index (χ2v) is 4.86. The number of carbonyl (C=O) groups excluding carboxylic acids is 1. The van der Waals surface area contributed by atoms with Crippen LogP contribution >= 0.6 is 0 Å². The van der Waals surface area contributed by atoms with Crippen LogP contribution < -0.4 is 0 Å². The van der Waals surface area contributed by atoms with Crippen molar-refractivity contribution in [3.63, 3.8) is 0 Å². The molecule has 0 spiro atoms. The molecule has 0 aliphatic heterocycles. The minimum atomic E-state index is -0.0310. The Kier molecular flexibility index (Phi) is 5.36. The van der Waals surface area contributed by atoms with Crippen molar-refractivity contribution in [2.45, 2.75) is 46.5 Å². The minimum absolute atomic E-state index is 0.0310. The first-order valence-corrected chi connectivity index (χ1v) is 6.21. The van der Waals surface area contributed by atoms with Gasteiger partial charge in [-0.25, -0.2) is 0 Å². The van der Waals surface area contributed by atoms with E-state index in [-0.39, 0.29) is 12.4 Å². The van der Waals surface area contributed by atoms with E-state index in [0.717, 1.165) is 42.4 Å². The van der Waals surface area contributed by atoms with Gasteiger partial charge in [0.15, 0.2) is 5.78 Å². The average Bonchev–Trinajstić information content (AvgIpc) is 2.28. The maximum Gasteiger partial charge on any atom is 0.181 e. The third kappa shape index (κ3) is 4.31. The van der Waals surface area contributed by atoms with Crippen LogP contribution in [-0.2, 0) is 4.79 Å². The molecule has 0 fully saturated rings. The lowest BCUT2D eigenvalue weighted by atomic mass is 9.94. The van der Waals surface area contributed by atoms with E-state index in [1.807, 2.05) is 13.8 Å². The van der Waals surface area contributed by atoms with Crippen molar-refractivity contribution in [1.29, 1.82) is 0 Å². The van der Waals surface area contributed by atoms with E-state index in [9.17, 15) is 9.90 Å². The van der Waals surface area contributed by atoms with Gasteiger partial charge in [0.1, 0.15) is 0 Å². The summed E-state index contributed by atoms with van der Waals surface area (Å²) in [5, 5.41) is 9.18. The van der Waals surface area contributed by atoms with Crippen molar-refractivity contribution in [2.75, 3.05) is 6.61 Å². The predicted octanol–water partition coefficient (Wildman–Crippen LogP) is 3.33. The standard InChI is InChI=1S/C15H22O2/c1-11-5-4-6-12(2)9-15(17)14(8-7-11)13(3)10-16/h5,9,16H,4,6-8,10H2,1-3H3/b11-5+,12-9+,14-13+. The van der Waals surface area contributed by atoms with E-state index >= 15 is 0 Å². The van der Waals surface area contributed by atoms with Gasteiger partial charge in [-0.1, -0.05) is 17.2 Å². The summed E-state index contributed by atoms with van der Waals surface area (Å²) < 4.78 is 0. The van der Waals surface area contributed by atoms with Crippen LogP contribution in [0.2, 0.25) is 0 Å². The van der Waals surface area contributed by atoms with E-state index in [0.29, 0.717) is 0 Å². The second kappa shape index (κ2) is 6.55. The molecule has 1 rings (SSSR count). The molecular formula is C15H22O2. The van der Waals surface area contributed by atoms with Gasteiger partial charge in [-0.15, -0.1) is 0 Å². The van der Waals surface area contributed by atoms with E-state index in [2.05, 4.69) is 13.0 Å². The van der Waals surface area contributed by atoms with Crippen LogP contribution in [0.25, 0.3) is 0 Å². The maximum atomic E-state index is 12.1. The number of rotatable bonds is 1. The van der Waals surface area contributed by atoms with Crippen molar-refractivity contribution >= 4 is 5.78 Å². The Balaban J connectivity index is 3.03. The number of ketones is 1. The molecule has 1 aliphatic carbocycles. The Hall–Kier alpha value is -1.15. The number of aliphatic hydroxyl groups excluding tert-OH is 1. The molecule has 0 aromatic rings. The van der Waals surface area contributed by atoms with Crippen LogP contribution in [-0.4, -0.2) is 17.5 Å². The molecule has 0 atom stereocenters. The van der Waals surface area contributed by atoms with Gasteiger partial charge < -0.3 is 5.11 Å². The molecule has 2 heteroatoms. The summed E-state index contributed by atoms with van der Waals surface area (Å²) in [6, 6.07) is 0. The zero-order valence-electron chi connectivity index (χ0n) is 11.0. The molecule has 0 aromatic heterocycles. The SMILES string of the molecule is C/C1=C\C(=O)/C(=C(\C)CO)CC/C(C)=C/CC1. The van der Waals surface area contributed by atoms with E-state index in [1.165, 1.54) is 5.57 Å². The molecule has 1 N–H and O–H groups in total. The van der Waals surface area contributed by atoms with Gasteiger partial charge in [0.05, 0.1) is 6.61 Å². The van der Waals surface area contributed by atoms with E-state index < -0.39 is 0 Å². The monoisotopic (exact) mass is 234 g/mol. The quantitative estimate of drug-likeness (QED) is 0.558. The number of hydrogen-bond donors (Lipinski definition) is 1. The van der Waals surface area contributed by atoms with Crippen LogP contribution in [0.5, 0.6) is 0 Å². The number of hydrogen-bond acceptors (Lipinski definition) is 2. The predicted molar refractivity (Wildman–Crippen MR) is 70.8 cm³/mol. The first-order valence-electron chi connectivity index (χ1n) is 6.21. The smallest absolute Gasteiger partial charge is 0.181 e. The van der Waals surface area contributed by atoms with Crippen LogP contribution in [0, 0.1) is 0 Å². The highest BCUT2D eigenvalue weighted by atomic mass is 16.3. The summed E-state index contributed by atoms with van der Waals surface area (Å²) >= 11 is 0. The number of allylic oxidation sites excluding steroid dienone is 5. The maximum absolute atomic E-state index is 12.1. The molecular weight excluding hydrogens is 212 g/mol. The van der Waals surface area contributed by atoms with E-state index in [4.69, 9.17) is 0 Å². The third-order valence-corrected chi connectivity index (χ3v) is 3.23. The van der Waals surface area contributed by atoms with Gasteiger partial charge in [-0.3, -0.25) is 4.79 Å². The topological polar surface area (TPSA) is 37.3 Å². The molecule has 0 saturated heterocycles. The highest BCUT2D eigenvalue weighted by Gasteiger charge is 2.12. The molecule has 0 unspecified atom stereocenters. The molecule has 0 bridgehead atoms. The highest BCUT2D eigenvalue weighted by Crippen LogP contribution is 2.20. The molecule has 0 saturated carbocycles. The van der Waals surface area contributed by atoms with Crippen molar-refractivity contribution in [3.8, 4) is 0 Å². The number of carbonyl (C=O) groups is 1. The summed E-state index contributed by atoms with van der Waals surface area (Å²) in [5.74, 6) is 0.0729. The highest BCUT2D eigenvalue weighted by molar-refractivity contribution is 6.04. The zero-order valence-corrected chi connectivity index (χ0v) is 11.0. The van der Waals surface area contributed by atoms with Gasteiger partial charge in [-0.2, -0.15) is 0 Å². The largest absolute Gasteiger partial charge is 0.392 e. The van der Waals surface area contributed by atoms with Gasteiger partial charge in [0, 0.05) is 5.57 Å². The van der Waals surface area contributed by atoms with Crippen LogP contribution in [0.4, 0.5) is 0 Å². The molecule has 0 heterocycles. The average molecular weight is 234 g/mol. The Morgan fingerprint density at radius 3 is 2.59 bits per heavy atom. The van der Waals surface area contributed by atoms with E-state index in [1.54, 1.807) is 6.08 Å². The molecule has 0 aromatic carbocycles. The van der Waals surface area contributed by atoms with Gasteiger partial charge >= 0.3 is 0 Å². The molecule has 17 heavy (non-hydrogen) atoms. The van der Waals surface area contributed by atoms with Crippen LogP contribution in [0.1, 0.15) is 46.5 Å². The third-order valence-electron chi connectivity index (χ3n) is 3.23. The van der Waals surface area contributed by atoms with Crippen molar-refractivity contribution in [1.82, 2.24) is 0 Å². The zero-order chi connectivity index (χ0) is 12.8. The first-order chi connectivity index (χ1) is 8.04. The summed E-state index contributed by atoms with van der Waals surface area (Å²) in [6.07, 6.45) is 7.57. The Morgan fingerprint density at radius 1 is 1.24 bits per heavy atom. The first kappa shape index (κ1) is 13.9. The fourth-order valence-corrected chi connectivity index (χ4v) is 2.00. The molecule has 2 nitrogen and oxygen atoms in total. The summed E-state index contributed by atoms with van der Waals surface area (Å²) in [4.78, 5) is 12.1. The normalized spacial score (nSPS) is 27.9. The summed E-state index contributed by atoms with van der Waals surface area (Å²) in [6.45, 7) is 5.91. The Bertz CT molecular complexity index is 384. The summed E-state index contributed by atoms with van der Waals surface area (Å²) in [5.41, 5.74) is 4.02. The lowest BCUT2D eigenvalue weighted by Gasteiger charge is -2.11.